The average Bonchev–Trinajstić information content (AvgIpc) is 2.68. The van der Waals surface area contributed by atoms with Gasteiger partial charge in [0, 0.05) is 5.38 Å². The van der Waals surface area contributed by atoms with Crippen LogP contribution in [0.5, 0.6) is 0 Å². The van der Waals surface area contributed by atoms with Crippen LogP contribution in [0.3, 0.4) is 0 Å². The molecule has 0 unspecified atom stereocenters. The maximum atomic E-state index is 11.5. The summed E-state index contributed by atoms with van der Waals surface area (Å²) in [7, 11) is 0. The third kappa shape index (κ3) is 2.40. The standard InChI is InChI=1S/C11H10ClN3OS/c1-7-6-17-11(14-7)15(10(13)16)9-5-3-2-4-8(9)12/h2-6H,1H3,(H2,13,16). The van der Waals surface area contributed by atoms with Crippen molar-refractivity contribution in [2.24, 2.45) is 5.73 Å². The first-order chi connectivity index (χ1) is 8.09. The number of para-hydroxylation sites is 1. The Morgan fingerprint density at radius 2 is 2.18 bits per heavy atom. The van der Waals surface area contributed by atoms with Gasteiger partial charge in [-0.3, -0.25) is 0 Å². The van der Waals surface area contributed by atoms with Crippen molar-refractivity contribution in [3.05, 3.63) is 40.4 Å². The van der Waals surface area contributed by atoms with Crippen LogP contribution in [0.4, 0.5) is 15.6 Å². The maximum absolute atomic E-state index is 11.5. The van der Waals surface area contributed by atoms with E-state index in [-0.39, 0.29) is 0 Å². The van der Waals surface area contributed by atoms with E-state index in [0.717, 1.165) is 5.69 Å². The molecular formula is C11H10ClN3OS. The Morgan fingerprint density at radius 1 is 1.47 bits per heavy atom. The van der Waals surface area contributed by atoms with Gasteiger partial charge in [-0.15, -0.1) is 11.3 Å². The van der Waals surface area contributed by atoms with Crippen molar-refractivity contribution in [2.75, 3.05) is 4.90 Å². The van der Waals surface area contributed by atoms with Crippen molar-refractivity contribution in [1.29, 1.82) is 0 Å². The fourth-order valence-corrected chi connectivity index (χ4v) is 2.43. The Hall–Kier alpha value is -1.59. The summed E-state index contributed by atoms with van der Waals surface area (Å²) in [4.78, 5) is 17.1. The molecule has 88 valence electrons. The lowest BCUT2D eigenvalue weighted by Gasteiger charge is -2.18. The first kappa shape index (κ1) is 11.9. The summed E-state index contributed by atoms with van der Waals surface area (Å²) in [5.74, 6) is 0. The molecule has 0 aliphatic carbocycles. The molecule has 0 radical (unpaired) electrons. The van der Waals surface area contributed by atoms with E-state index in [1.165, 1.54) is 16.2 Å². The minimum absolute atomic E-state index is 0.458. The van der Waals surface area contributed by atoms with Gasteiger partial charge >= 0.3 is 6.03 Å². The SMILES string of the molecule is Cc1csc(N(C(N)=O)c2ccccc2Cl)n1. The van der Waals surface area contributed by atoms with Crippen LogP contribution in [0.25, 0.3) is 0 Å². The molecule has 0 aliphatic rings. The number of urea groups is 1. The average molecular weight is 268 g/mol. The van der Waals surface area contributed by atoms with Crippen LogP contribution >= 0.6 is 22.9 Å². The molecule has 0 spiro atoms. The summed E-state index contributed by atoms with van der Waals surface area (Å²) in [6.45, 7) is 1.85. The molecule has 2 N–H and O–H groups in total. The molecule has 0 saturated carbocycles. The summed E-state index contributed by atoms with van der Waals surface area (Å²) in [6.07, 6.45) is 0. The lowest BCUT2D eigenvalue weighted by molar-refractivity contribution is 0.256. The van der Waals surface area contributed by atoms with Crippen molar-refractivity contribution in [2.45, 2.75) is 6.92 Å². The number of aromatic nitrogens is 1. The van der Waals surface area contributed by atoms with Crippen LogP contribution < -0.4 is 10.6 Å². The number of primary amides is 1. The third-order valence-electron chi connectivity index (χ3n) is 2.11. The van der Waals surface area contributed by atoms with E-state index in [9.17, 15) is 4.79 Å². The highest BCUT2D eigenvalue weighted by molar-refractivity contribution is 7.14. The summed E-state index contributed by atoms with van der Waals surface area (Å²) in [5.41, 5.74) is 6.75. The van der Waals surface area contributed by atoms with Gasteiger partial charge < -0.3 is 5.73 Å². The molecule has 0 saturated heterocycles. The van der Waals surface area contributed by atoms with Crippen molar-refractivity contribution >= 4 is 39.8 Å². The number of anilines is 2. The Balaban J connectivity index is 2.50. The van der Waals surface area contributed by atoms with Crippen molar-refractivity contribution in [3.63, 3.8) is 0 Å². The monoisotopic (exact) mass is 267 g/mol. The van der Waals surface area contributed by atoms with E-state index in [4.69, 9.17) is 17.3 Å². The first-order valence-corrected chi connectivity index (χ1v) is 6.11. The van der Waals surface area contributed by atoms with Gasteiger partial charge in [0.25, 0.3) is 0 Å². The van der Waals surface area contributed by atoms with E-state index < -0.39 is 6.03 Å². The first-order valence-electron chi connectivity index (χ1n) is 4.86. The van der Waals surface area contributed by atoms with E-state index in [2.05, 4.69) is 4.98 Å². The van der Waals surface area contributed by atoms with E-state index in [1.807, 2.05) is 12.3 Å². The van der Waals surface area contributed by atoms with Crippen LogP contribution in [0.15, 0.2) is 29.6 Å². The predicted molar refractivity (Wildman–Crippen MR) is 70.0 cm³/mol. The van der Waals surface area contributed by atoms with E-state index in [0.29, 0.717) is 15.8 Å². The van der Waals surface area contributed by atoms with Gasteiger partial charge in [0.15, 0.2) is 5.13 Å². The topological polar surface area (TPSA) is 59.2 Å². The van der Waals surface area contributed by atoms with Crippen LogP contribution in [0.1, 0.15) is 5.69 Å². The predicted octanol–water partition coefficient (Wildman–Crippen LogP) is 3.32. The lowest BCUT2D eigenvalue weighted by atomic mass is 10.3. The fraction of sp³-hybridized carbons (Fsp3) is 0.0909. The molecule has 1 aromatic heterocycles. The minimum atomic E-state index is -0.604. The number of rotatable bonds is 2. The number of amides is 2. The number of halogens is 1. The second-order valence-corrected chi connectivity index (χ2v) is 4.64. The molecule has 2 amide bonds. The molecule has 1 aromatic carbocycles. The highest BCUT2D eigenvalue weighted by Gasteiger charge is 2.20. The zero-order valence-electron chi connectivity index (χ0n) is 9.05. The number of carbonyl (C=O) groups excluding carboxylic acids is 1. The number of nitrogens with two attached hydrogens (primary N) is 1. The van der Waals surface area contributed by atoms with Gasteiger partial charge in [-0.25, -0.2) is 14.7 Å². The summed E-state index contributed by atoms with van der Waals surface area (Å²) < 4.78 is 0. The van der Waals surface area contributed by atoms with E-state index in [1.54, 1.807) is 24.3 Å². The minimum Gasteiger partial charge on any atom is -0.351 e. The molecule has 0 atom stereocenters. The van der Waals surface area contributed by atoms with E-state index >= 15 is 0 Å². The molecule has 2 aromatic rings. The fourth-order valence-electron chi connectivity index (χ4n) is 1.39. The van der Waals surface area contributed by atoms with Gasteiger partial charge in [-0.05, 0) is 19.1 Å². The van der Waals surface area contributed by atoms with Gasteiger partial charge in [-0.2, -0.15) is 0 Å². The second-order valence-electron chi connectivity index (χ2n) is 3.40. The summed E-state index contributed by atoms with van der Waals surface area (Å²) >= 11 is 7.39. The maximum Gasteiger partial charge on any atom is 0.325 e. The Morgan fingerprint density at radius 3 is 2.71 bits per heavy atom. The molecule has 0 aliphatic heterocycles. The quantitative estimate of drug-likeness (QED) is 0.907. The Labute approximate surface area is 108 Å². The molecule has 0 bridgehead atoms. The van der Waals surface area contributed by atoms with Gasteiger partial charge in [-0.1, -0.05) is 23.7 Å². The number of hydrogen-bond donors (Lipinski definition) is 1. The largest absolute Gasteiger partial charge is 0.351 e. The van der Waals surface area contributed by atoms with Crippen LogP contribution in [0.2, 0.25) is 5.02 Å². The van der Waals surface area contributed by atoms with Gasteiger partial charge in [0.1, 0.15) is 0 Å². The Kier molecular flexibility index (Phi) is 3.31. The summed E-state index contributed by atoms with van der Waals surface area (Å²) in [5, 5.41) is 2.82. The molecule has 6 heteroatoms. The van der Waals surface area contributed by atoms with Crippen LogP contribution in [-0.4, -0.2) is 11.0 Å². The number of hydrogen-bond acceptors (Lipinski definition) is 3. The summed E-state index contributed by atoms with van der Waals surface area (Å²) in [6, 6.07) is 6.40. The molecule has 1 heterocycles. The number of nitrogens with zero attached hydrogens (tertiary/aromatic N) is 2. The normalized spacial score (nSPS) is 10.2. The highest BCUT2D eigenvalue weighted by atomic mass is 35.5. The van der Waals surface area contributed by atoms with Crippen molar-refractivity contribution in [3.8, 4) is 0 Å². The zero-order chi connectivity index (χ0) is 12.4. The van der Waals surface area contributed by atoms with Gasteiger partial charge in [0.05, 0.1) is 16.4 Å². The molecule has 2 rings (SSSR count). The molecule has 0 fully saturated rings. The van der Waals surface area contributed by atoms with Crippen molar-refractivity contribution < 1.29 is 4.79 Å². The molecular weight excluding hydrogens is 258 g/mol. The van der Waals surface area contributed by atoms with Crippen LogP contribution in [0, 0.1) is 6.92 Å². The number of thiazole rings is 1. The van der Waals surface area contributed by atoms with Crippen molar-refractivity contribution in [1.82, 2.24) is 4.98 Å². The smallest absolute Gasteiger partial charge is 0.325 e. The number of aryl methyl sites for hydroxylation is 1. The highest BCUT2D eigenvalue weighted by Crippen LogP contribution is 2.33. The third-order valence-corrected chi connectivity index (χ3v) is 3.38. The van der Waals surface area contributed by atoms with Crippen LogP contribution in [-0.2, 0) is 0 Å². The molecule has 4 nitrogen and oxygen atoms in total. The lowest BCUT2D eigenvalue weighted by Crippen LogP contribution is -2.31. The Bertz CT molecular complexity index is 555. The second kappa shape index (κ2) is 4.73. The van der Waals surface area contributed by atoms with Gasteiger partial charge in [0.2, 0.25) is 0 Å². The number of benzene rings is 1. The zero-order valence-corrected chi connectivity index (χ0v) is 10.6. The molecule has 17 heavy (non-hydrogen) atoms. The number of carbonyl (C=O) groups is 1.